The first kappa shape index (κ1) is 10.3. The summed E-state index contributed by atoms with van der Waals surface area (Å²) in [5, 5.41) is 5.64. The average molecular weight is 186 g/mol. The van der Waals surface area contributed by atoms with Gasteiger partial charge in [0, 0.05) is 19.2 Å². The van der Waals surface area contributed by atoms with Crippen molar-refractivity contribution >= 4 is 6.03 Å². The third-order valence-corrected chi connectivity index (χ3v) is 2.16. The second kappa shape index (κ2) is 5.07. The monoisotopic (exact) mass is 186 g/mol. The largest absolute Gasteiger partial charge is 0.378 e. The summed E-state index contributed by atoms with van der Waals surface area (Å²) >= 11 is 0. The van der Waals surface area contributed by atoms with E-state index in [4.69, 9.17) is 4.74 Å². The van der Waals surface area contributed by atoms with E-state index in [2.05, 4.69) is 10.6 Å². The van der Waals surface area contributed by atoms with Crippen LogP contribution in [-0.4, -0.2) is 31.3 Å². The van der Waals surface area contributed by atoms with Gasteiger partial charge in [-0.1, -0.05) is 0 Å². The van der Waals surface area contributed by atoms with Crippen molar-refractivity contribution in [2.45, 2.75) is 38.8 Å². The van der Waals surface area contributed by atoms with Gasteiger partial charge in [0.05, 0.1) is 6.10 Å². The predicted octanol–water partition coefficient (Wildman–Crippen LogP) is 0.873. The number of carbonyl (C=O) groups is 1. The minimum Gasteiger partial charge on any atom is -0.378 e. The van der Waals surface area contributed by atoms with Crippen molar-refractivity contribution in [3.63, 3.8) is 0 Å². The van der Waals surface area contributed by atoms with E-state index in [1.165, 1.54) is 0 Å². The van der Waals surface area contributed by atoms with E-state index in [0.717, 1.165) is 19.4 Å². The molecule has 2 atom stereocenters. The quantitative estimate of drug-likeness (QED) is 0.672. The molecular weight excluding hydrogens is 168 g/mol. The normalized spacial score (nSPS) is 28.2. The first-order chi connectivity index (χ1) is 6.22. The highest BCUT2D eigenvalue weighted by molar-refractivity contribution is 5.74. The van der Waals surface area contributed by atoms with Crippen molar-refractivity contribution in [2.24, 2.45) is 0 Å². The lowest BCUT2D eigenvalue weighted by Crippen LogP contribution is -2.45. The summed E-state index contributed by atoms with van der Waals surface area (Å²) in [6.45, 7) is 5.36. The Morgan fingerprint density at radius 1 is 1.62 bits per heavy atom. The summed E-state index contributed by atoms with van der Waals surface area (Å²) in [6, 6.07) is 0.205. The van der Waals surface area contributed by atoms with E-state index < -0.39 is 0 Å². The van der Waals surface area contributed by atoms with Gasteiger partial charge in [-0.3, -0.25) is 0 Å². The van der Waals surface area contributed by atoms with Crippen LogP contribution in [0.15, 0.2) is 0 Å². The molecular formula is C9H18N2O2. The zero-order chi connectivity index (χ0) is 9.68. The smallest absolute Gasteiger partial charge is 0.314 e. The van der Waals surface area contributed by atoms with Gasteiger partial charge >= 0.3 is 6.03 Å². The summed E-state index contributed by atoms with van der Waals surface area (Å²) in [5.74, 6) is 0. The van der Waals surface area contributed by atoms with E-state index in [0.29, 0.717) is 6.54 Å². The maximum absolute atomic E-state index is 11.2. The van der Waals surface area contributed by atoms with Crippen LogP contribution >= 0.6 is 0 Å². The molecule has 76 valence electrons. The SMILES string of the molecule is CCNC(=O)NC1CCOC(C)C1. The second-order valence-electron chi connectivity index (χ2n) is 3.41. The molecule has 0 aromatic rings. The molecule has 1 heterocycles. The molecule has 4 nitrogen and oxygen atoms in total. The third-order valence-electron chi connectivity index (χ3n) is 2.16. The molecule has 4 heteroatoms. The van der Waals surface area contributed by atoms with Crippen LogP contribution in [0.3, 0.4) is 0 Å². The standard InChI is InChI=1S/C9H18N2O2/c1-3-10-9(12)11-8-4-5-13-7(2)6-8/h7-8H,3-6H2,1-2H3,(H2,10,11,12). The fourth-order valence-corrected chi connectivity index (χ4v) is 1.53. The molecule has 2 unspecified atom stereocenters. The topological polar surface area (TPSA) is 50.4 Å². The molecule has 0 aliphatic carbocycles. The number of ether oxygens (including phenoxy) is 1. The fraction of sp³-hybridized carbons (Fsp3) is 0.889. The molecule has 1 saturated heterocycles. The molecule has 13 heavy (non-hydrogen) atoms. The Labute approximate surface area is 79.0 Å². The van der Waals surface area contributed by atoms with E-state index in [-0.39, 0.29) is 18.2 Å². The van der Waals surface area contributed by atoms with Crippen LogP contribution < -0.4 is 10.6 Å². The van der Waals surface area contributed by atoms with Crippen LogP contribution in [0.25, 0.3) is 0 Å². The van der Waals surface area contributed by atoms with E-state index in [1.54, 1.807) is 0 Å². The second-order valence-corrected chi connectivity index (χ2v) is 3.41. The maximum atomic E-state index is 11.2. The molecule has 0 bridgehead atoms. The van der Waals surface area contributed by atoms with E-state index in [9.17, 15) is 4.79 Å². The molecule has 2 amide bonds. The molecule has 0 spiro atoms. The molecule has 0 aromatic carbocycles. The van der Waals surface area contributed by atoms with Gasteiger partial charge in [-0.05, 0) is 26.7 Å². The molecule has 1 aliphatic rings. The van der Waals surface area contributed by atoms with Crippen LogP contribution in [0.1, 0.15) is 26.7 Å². The maximum Gasteiger partial charge on any atom is 0.314 e. The zero-order valence-electron chi connectivity index (χ0n) is 8.30. The van der Waals surface area contributed by atoms with Gasteiger partial charge in [-0.15, -0.1) is 0 Å². The van der Waals surface area contributed by atoms with E-state index in [1.807, 2.05) is 13.8 Å². The van der Waals surface area contributed by atoms with Crippen molar-refractivity contribution in [3.8, 4) is 0 Å². The summed E-state index contributed by atoms with van der Waals surface area (Å²) in [7, 11) is 0. The van der Waals surface area contributed by atoms with Crippen molar-refractivity contribution in [2.75, 3.05) is 13.2 Å². The minimum atomic E-state index is -0.0680. The van der Waals surface area contributed by atoms with Crippen LogP contribution in [0.5, 0.6) is 0 Å². The van der Waals surface area contributed by atoms with Gasteiger partial charge in [0.15, 0.2) is 0 Å². The average Bonchev–Trinajstić information content (AvgIpc) is 2.04. The Kier molecular flexibility index (Phi) is 4.02. The molecule has 1 rings (SSSR count). The van der Waals surface area contributed by atoms with Crippen molar-refractivity contribution in [3.05, 3.63) is 0 Å². The highest BCUT2D eigenvalue weighted by Gasteiger charge is 2.20. The molecule has 2 N–H and O–H groups in total. The van der Waals surface area contributed by atoms with Crippen LogP contribution in [-0.2, 0) is 4.74 Å². The van der Waals surface area contributed by atoms with E-state index >= 15 is 0 Å². The number of hydrogen-bond donors (Lipinski definition) is 2. The summed E-state index contributed by atoms with van der Waals surface area (Å²) < 4.78 is 5.38. The van der Waals surface area contributed by atoms with Crippen molar-refractivity contribution in [1.82, 2.24) is 10.6 Å². The van der Waals surface area contributed by atoms with Crippen molar-refractivity contribution in [1.29, 1.82) is 0 Å². The predicted molar refractivity (Wildman–Crippen MR) is 50.6 cm³/mol. The van der Waals surface area contributed by atoms with Crippen LogP contribution in [0.4, 0.5) is 4.79 Å². The highest BCUT2D eigenvalue weighted by Crippen LogP contribution is 2.12. The third kappa shape index (κ3) is 3.63. The number of amides is 2. The lowest BCUT2D eigenvalue weighted by Gasteiger charge is -2.27. The lowest BCUT2D eigenvalue weighted by atomic mass is 10.0. The Morgan fingerprint density at radius 2 is 2.38 bits per heavy atom. The molecule has 1 fully saturated rings. The Balaban J connectivity index is 2.23. The number of hydrogen-bond acceptors (Lipinski definition) is 2. The summed E-state index contributed by atoms with van der Waals surface area (Å²) in [4.78, 5) is 11.2. The summed E-state index contributed by atoms with van der Waals surface area (Å²) in [5.41, 5.74) is 0. The van der Waals surface area contributed by atoms with Crippen LogP contribution in [0.2, 0.25) is 0 Å². The first-order valence-electron chi connectivity index (χ1n) is 4.88. The number of urea groups is 1. The van der Waals surface area contributed by atoms with Gasteiger partial charge in [0.2, 0.25) is 0 Å². The minimum absolute atomic E-state index is 0.0680. The first-order valence-corrected chi connectivity index (χ1v) is 4.88. The molecule has 1 aliphatic heterocycles. The number of carbonyl (C=O) groups excluding carboxylic acids is 1. The Hall–Kier alpha value is -0.770. The van der Waals surface area contributed by atoms with Gasteiger partial charge in [0.25, 0.3) is 0 Å². The van der Waals surface area contributed by atoms with Gasteiger partial charge in [-0.2, -0.15) is 0 Å². The molecule has 0 radical (unpaired) electrons. The Bertz CT molecular complexity index is 173. The van der Waals surface area contributed by atoms with Crippen molar-refractivity contribution < 1.29 is 9.53 Å². The van der Waals surface area contributed by atoms with Crippen LogP contribution in [0, 0.1) is 0 Å². The number of rotatable bonds is 2. The van der Waals surface area contributed by atoms with Gasteiger partial charge in [0.1, 0.15) is 0 Å². The fourth-order valence-electron chi connectivity index (χ4n) is 1.53. The molecule has 0 aromatic heterocycles. The Morgan fingerprint density at radius 3 is 3.00 bits per heavy atom. The van der Waals surface area contributed by atoms with Gasteiger partial charge in [-0.25, -0.2) is 4.79 Å². The zero-order valence-corrected chi connectivity index (χ0v) is 8.30. The number of nitrogens with one attached hydrogen (secondary N) is 2. The summed E-state index contributed by atoms with van der Waals surface area (Å²) in [6.07, 6.45) is 2.10. The van der Waals surface area contributed by atoms with Gasteiger partial charge < -0.3 is 15.4 Å². The molecule has 0 saturated carbocycles. The highest BCUT2D eigenvalue weighted by atomic mass is 16.5. The lowest BCUT2D eigenvalue weighted by molar-refractivity contribution is 0.0154.